The molecule has 0 radical (unpaired) electrons. The number of nitrogens with zero attached hydrogens (tertiary/aromatic N) is 2. The Bertz CT molecular complexity index is 933. The van der Waals surface area contributed by atoms with Gasteiger partial charge in [-0.3, -0.25) is 19.2 Å². The third-order valence-corrected chi connectivity index (χ3v) is 4.70. The molecule has 2 aliphatic heterocycles. The summed E-state index contributed by atoms with van der Waals surface area (Å²) < 4.78 is 0. The maximum atomic E-state index is 12.6. The van der Waals surface area contributed by atoms with Crippen molar-refractivity contribution in [2.45, 2.75) is 0 Å². The van der Waals surface area contributed by atoms with Crippen LogP contribution in [0.25, 0.3) is 6.08 Å². The molecule has 2 heterocycles. The fourth-order valence-corrected chi connectivity index (χ4v) is 3.50. The van der Waals surface area contributed by atoms with E-state index < -0.39 is 23.0 Å². The fourth-order valence-electron chi connectivity index (χ4n) is 2.69. The number of thioether (sulfide) groups is 1. The van der Waals surface area contributed by atoms with Crippen LogP contribution in [0.15, 0.2) is 59.5 Å². The number of hydrogen-bond acceptors (Lipinski definition) is 5. The number of fused-ring (bicyclic) bond motifs is 1. The molecule has 2 aromatic rings. The minimum atomic E-state index is -0.687. The zero-order chi connectivity index (χ0) is 17.6. The molecule has 4 amide bonds. The molecule has 0 bridgehead atoms. The lowest BCUT2D eigenvalue weighted by Gasteiger charge is -2.21. The van der Waals surface area contributed by atoms with E-state index in [4.69, 9.17) is 0 Å². The quantitative estimate of drug-likeness (QED) is 0.615. The molecular formula is C18H10N2O4S. The zero-order valence-electron chi connectivity index (χ0n) is 12.7. The second-order valence-corrected chi connectivity index (χ2v) is 6.37. The first-order valence-electron chi connectivity index (χ1n) is 7.38. The zero-order valence-corrected chi connectivity index (χ0v) is 13.5. The Morgan fingerprint density at radius 1 is 0.680 bits per heavy atom. The average Bonchev–Trinajstić information content (AvgIpc) is 3.03. The molecule has 6 nitrogen and oxygen atoms in total. The maximum absolute atomic E-state index is 12.6. The van der Waals surface area contributed by atoms with Gasteiger partial charge in [-0.05, 0) is 35.5 Å². The van der Waals surface area contributed by atoms with Gasteiger partial charge in [0, 0.05) is 0 Å². The van der Waals surface area contributed by atoms with Crippen molar-refractivity contribution < 1.29 is 19.2 Å². The second-order valence-electron chi connectivity index (χ2n) is 5.37. The Morgan fingerprint density at radius 2 is 1.24 bits per heavy atom. The normalized spacial score (nSPS) is 18.5. The highest BCUT2D eigenvalue weighted by Gasteiger charge is 2.48. The standard InChI is InChI=1S/C18H10N2O4S/c21-15-12-8-4-5-9-13(12)16(22)19(15)20-17(23)14(25-18(20)24)10-11-6-2-1-3-7-11/h1-10H. The predicted molar refractivity (Wildman–Crippen MR) is 91.2 cm³/mol. The van der Waals surface area contributed by atoms with Crippen molar-refractivity contribution in [3.05, 3.63) is 76.2 Å². The number of carbonyl (C=O) groups excluding carboxylic acids is 4. The van der Waals surface area contributed by atoms with E-state index in [1.165, 1.54) is 12.1 Å². The van der Waals surface area contributed by atoms with Gasteiger partial charge in [-0.15, -0.1) is 0 Å². The summed E-state index contributed by atoms with van der Waals surface area (Å²) in [5.41, 5.74) is 1.10. The highest BCUT2D eigenvalue weighted by Crippen LogP contribution is 2.36. The van der Waals surface area contributed by atoms with Gasteiger partial charge in [-0.25, -0.2) is 0 Å². The molecular weight excluding hydrogens is 340 g/mol. The van der Waals surface area contributed by atoms with Crippen LogP contribution in [0.1, 0.15) is 26.3 Å². The van der Waals surface area contributed by atoms with Gasteiger partial charge in [-0.1, -0.05) is 42.5 Å². The Morgan fingerprint density at radius 3 is 1.84 bits per heavy atom. The summed E-state index contributed by atoms with van der Waals surface area (Å²) in [5.74, 6) is -2.04. The number of rotatable bonds is 2. The Labute approximate surface area is 146 Å². The van der Waals surface area contributed by atoms with Crippen molar-refractivity contribution in [3.8, 4) is 0 Å². The number of carbonyl (C=O) groups is 4. The van der Waals surface area contributed by atoms with Crippen molar-refractivity contribution in [1.29, 1.82) is 0 Å². The highest BCUT2D eigenvalue weighted by molar-refractivity contribution is 8.18. The SMILES string of the molecule is O=C1SC(=Cc2ccccc2)C(=O)N1N1C(=O)c2ccccc2C1=O. The van der Waals surface area contributed by atoms with Crippen molar-refractivity contribution in [3.63, 3.8) is 0 Å². The van der Waals surface area contributed by atoms with E-state index in [-0.39, 0.29) is 16.0 Å². The molecule has 0 saturated carbocycles. The van der Waals surface area contributed by atoms with E-state index in [9.17, 15) is 19.2 Å². The molecule has 0 spiro atoms. The molecule has 0 aromatic heterocycles. The van der Waals surface area contributed by atoms with E-state index in [0.29, 0.717) is 21.8 Å². The first kappa shape index (κ1) is 15.3. The summed E-state index contributed by atoms with van der Waals surface area (Å²) in [5, 5.41) is 0.555. The number of hydrazine groups is 1. The third-order valence-electron chi connectivity index (χ3n) is 3.84. The van der Waals surface area contributed by atoms with Crippen LogP contribution in [0, 0.1) is 0 Å². The van der Waals surface area contributed by atoms with Gasteiger partial charge < -0.3 is 0 Å². The first-order chi connectivity index (χ1) is 12.1. The van der Waals surface area contributed by atoms with Crippen molar-refractivity contribution in [2.75, 3.05) is 0 Å². The summed E-state index contributed by atoms with van der Waals surface area (Å²) in [7, 11) is 0. The topological polar surface area (TPSA) is 74.8 Å². The minimum Gasteiger partial charge on any atom is -0.267 e. The van der Waals surface area contributed by atoms with Crippen LogP contribution >= 0.6 is 11.8 Å². The average molecular weight is 350 g/mol. The van der Waals surface area contributed by atoms with Gasteiger partial charge >= 0.3 is 5.24 Å². The van der Waals surface area contributed by atoms with Crippen LogP contribution in [0.5, 0.6) is 0 Å². The van der Waals surface area contributed by atoms with Crippen LogP contribution < -0.4 is 0 Å². The summed E-state index contributed by atoms with van der Waals surface area (Å²) >= 11 is 0.699. The molecule has 2 aliphatic rings. The molecule has 7 heteroatoms. The number of amides is 4. The lowest BCUT2D eigenvalue weighted by molar-refractivity contribution is -0.129. The minimum absolute atomic E-state index is 0.160. The highest BCUT2D eigenvalue weighted by atomic mass is 32.2. The number of imide groups is 2. The molecule has 4 rings (SSSR count). The Kier molecular flexibility index (Phi) is 3.51. The summed E-state index contributed by atoms with van der Waals surface area (Å²) in [4.78, 5) is 50.0. The third kappa shape index (κ3) is 2.36. The van der Waals surface area contributed by atoms with E-state index in [2.05, 4.69) is 0 Å². The molecule has 0 atom stereocenters. The Hall–Kier alpha value is -3.19. The van der Waals surface area contributed by atoms with Crippen LogP contribution in [0.4, 0.5) is 4.79 Å². The van der Waals surface area contributed by atoms with Crippen LogP contribution in [0.3, 0.4) is 0 Å². The Balaban J connectivity index is 1.70. The summed E-state index contributed by atoms with van der Waals surface area (Å²) in [6.07, 6.45) is 1.56. The monoisotopic (exact) mass is 350 g/mol. The van der Waals surface area contributed by atoms with Crippen molar-refractivity contribution in [1.82, 2.24) is 10.0 Å². The lowest BCUT2D eigenvalue weighted by Crippen LogP contribution is -2.48. The molecule has 2 aromatic carbocycles. The van der Waals surface area contributed by atoms with Gasteiger partial charge in [0.2, 0.25) is 0 Å². The molecule has 0 unspecified atom stereocenters. The van der Waals surface area contributed by atoms with E-state index in [0.717, 1.165) is 5.56 Å². The molecule has 25 heavy (non-hydrogen) atoms. The predicted octanol–water partition coefficient (Wildman–Crippen LogP) is 2.93. The first-order valence-corrected chi connectivity index (χ1v) is 8.20. The molecule has 1 saturated heterocycles. The van der Waals surface area contributed by atoms with Crippen LogP contribution in [-0.2, 0) is 4.79 Å². The largest absolute Gasteiger partial charge is 0.313 e. The maximum Gasteiger partial charge on any atom is 0.313 e. The lowest BCUT2D eigenvalue weighted by atomic mass is 10.1. The summed E-state index contributed by atoms with van der Waals surface area (Å²) in [6.45, 7) is 0. The second kappa shape index (κ2) is 5.71. The van der Waals surface area contributed by atoms with Gasteiger partial charge in [0.15, 0.2) is 0 Å². The van der Waals surface area contributed by atoms with Crippen molar-refractivity contribution >= 4 is 40.8 Å². The van der Waals surface area contributed by atoms with Gasteiger partial charge in [-0.2, -0.15) is 10.0 Å². The number of benzene rings is 2. The molecule has 0 N–H and O–H groups in total. The smallest absolute Gasteiger partial charge is 0.267 e. The number of hydrogen-bond donors (Lipinski definition) is 0. The van der Waals surface area contributed by atoms with E-state index in [1.54, 1.807) is 42.5 Å². The van der Waals surface area contributed by atoms with E-state index >= 15 is 0 Å². The van der Waals surface area contributed by atoms with Crippen LogP contribution in [0.2, 0.25) is 0 Å². The van der Waals surface area contributed by atoms with Gasteiger partial charge in [0.1, 0.15) is 0 Å². The fraction of sp³-hybridized carbons (Fsp3) is 0. The van der Waals surface area contributed by atoms with Crippen LogP contribution in [-0.4, -0.2) is 33.0 Å². The van der Waals surface area contributed by atoms with Gasteiger partial charge in [0.25, 0.3) is 17.7 Å². The molecule has 122 valence electrons. The van der Waals surface area contributed by atoms with Gasteiger partial charge in [0.05, 0.1) is 16.0 Å². The summed E-state index contributed by atoms with van der Waals surface area (Å²) in [6, 6.07) is 15.3. The van der Waals surface area contributed by atoms with E-state index in [1.807, 2.05) is 6.07 Å². The van der Waals surface area contributed by atoms with Crippen molar-refractivity contribution in [2.24, 2.45) is 0 Å². The molecule has 1 fully saturated rings. The molecule has 0 aliphatic carbocycles.